The minimum atomic E-state index is -0.994. The highest BCUT2D eigenvalue weighted by Crippen LogP contribution is 2.20. The maximum atomic E-state index is 11.2. The first kappa shape index (κ1) is 14.4. The zero-order valence-electron chi connectivity index (χ0n) is 11.2. The van der Waals surface area contributed by atoms with Gasteiger partial charge in [0, 0.05) is 18.3 Å². The van der Waals surface area contributed by atoms with Crippen molar-refractivity contribution >= 4 is 11.8 Å². The van der Waals surface area contributed by atoms with Gasteiger partial charge < -0.3 is 15.5 Å². The molecule has 3 N–H and O–H groups in total. The van der Waals surface area contributed by atoms with Crippen LogP contribution in [-0.4, -0.2) is 33.8 Å². The highest BCUT2D eigenvalue weighted by Gasteiger charge is 2.19. The Labute approximate surface area is 107 Å². The molecule has 0 aliphatic heterocycles. The molecule has 2 unspecified atom stereocenters. The number of carbonyl (C=O) groups is 1. The summed E-state index contributed by atoms with van der Waals surface area (Å²) in [5, 5.41) is 21.4. The van der Waals surface area contributed by atoms with Gasteiger partial charge in [-0.15, -0.1) is 0 Å². The van der Waals surface area contributed by atoms with E-state index < -0.39 is 5.97 Å². The van der Waals surface area contributed by atoms with Crippen molar-refractivity contribution in [1.82, 2.24) is 4.98 Å². The number of aryl methyl sites for hydroxylation is 2. The monoisotopic (exact) mass is 252 g/mol. The van der Waals surface area contributed by atoms with Crippen LogP contribution in [0.1, 0.15) is 35.5 Å². The van der Waals surface area contributed by atoms with Gasteiger partial charge in [0.05, 0.1) is 0 Å². The summed E-state index contributed by atoms with van der Waals surface area (Å²) in [5.74, 6) is -0.603. The third kappa shape index (κ3) is 3.20. The van der Waals surface area contributed by atoms with E-state index in [1.807, 2.05) is 20.8 Å². The third-order valence-electron chi connectivity index (χ3n) is 3.06. The van der Waals surface area contributed by atoms with E-state index in [9.17, 15) is 9.90 Å². The predicted octanol–water partition coefficient (Wildman–Crippen LogP) is 1.83. The molecular formula is C13H20N2O3. The standard InChI is InChI=1S/C13H20N2O3/c1-7-5-9(3)14-12(11(7)13(17)18)15-10(4)8(2)6-16/h5,8,10,16H,6H2,1-4H3,(H,14,15)(H,17,18). The van der Waals surface area contributed by atoms with E-state index in [0.717, 1.165) is 5.69 Å². The Hall–Kier alpha value is -1.62. The Morgan fingerprint density at radius 2 is 2.06 bits per heavy atom. The van der Waals surface area contributed by atoms with Gasteiger partial charge in [-0.05, 0) is 38.3 Å². The number of aromatic nitrogens is 1. The van der Waals surface area contributed by atoms with Crippen LogP contribution in [0.5, 0.6) is 0 Å². The molecule has 0 bridgehead atoms. The van der Waals surface area contributed by atoms with Crippen molar-refractivity contribution < 1.29 is 15.0 Å². The largest absolute Gasteiger partial charge is 0.478 e. The first-order chi connectivity index (χ1) is 8.36. The van der Waals surface area contributed by atoms with Crippen molar-refractivity contribution in [2.45, 2.75) is 33.7 Å². The van der Waals surface area contributed by atoms with Gasteiger partial charge in [0.15, 0.2) is 0 Å². The molecule has 1 rings (SSSR count). The minimum Gasteiger partial charge on any atom is -0.478 e. The van der Waals surface area contributed by atoms with Gasteiger partial charge >= 0.3 is 5.97 Å². The highest BCUT2D eigenvalue weighted by molar-refractivity contribution is 5.94. The molecule has 5 nitrogen and oxygen atoms in total. The third-order valence-corrected chi connectivity index (χ3v) is 3.06. The molecule has 1 aromatic heterocycles. The van der Waals surface area contributed by atoms with E-state index in [1.54, 1.807) is 13.0 Å². The van der Waals surface area contributed by atoms with Gasteiger partial charge in [-0.3, -0.25) is 0 Å². The summed E-state index contributed by atoms with van der Waals surface area (Å²) >= 11 is 0. The second-order valence-electron chi connectivity index (χ2n) is 4.70. The molecule has 0 aliphatic carbocycles. The lowest BCUT2D eigenvalue weighted by molar-refractivity contribution is 0.0696. The number of carboxylic acid groups (broad SMARTS) is 1. The number of carboxylic acids is 1. The number of pyridine rings is 1. The number of nitrogens with zero attached hydrogens (tertiary/aromatic N) is 1. The Morgan fingerprint density at radius 1 is 1.44 bits per heavy atom. The highest BCUT2D eigenvalue weighted by atomic mass is 16.4. The second-order valence-corrected chi connectivity index (χ2v) is 4.70. The van der Waals surface area contributed by atoms with E-state index in [4.69, 9.17) is 5.11 Å². The van der Waals surface area contributed by atoms with Crippen molar-refractivity contribution in [1.29, 1.82) is 0 Å². The molecule has 100 valence electrons. The number of aliphatic hydroxyl groups excluding tert-OH is 1. The molecule has 0 fully saturated rings. The summed E-state index contributed by atoms with van der Waals surface area (Å²) < 4.78 is 0. The fourth-order valence-electron chi connectivity index (χ4n) is 1.73. The Morgan fingerprint density at radius 3 is 2.56 bits per heavy atom. The van der Waals surface area contributed by atoms with Gasteiger partial charge in [0.25, 0.3) is 0 Å². The van der Waals surface area contributed by atoms with Gasteiger partial charge in [0.1, 0.15) is 11.4 Å². The molecule has 0 aromatic carbocycles. The van der Waals surface area contributed by atoms with Crippen LogP contribution in [0.3, 0.4) is 0 Å². The van der Waals surface area contributed by atoms with Crippen molar-refractivity contribution in [3.63, 3.8) is 0 Å². The number of rotatable bonds is 5. The van der Waals surface area contributed by atoms with E-state index >= 15 is 0 Å². The average Bonchev–Trinajstić information content (AvgIpc) is 2.26. The molecule has 2 atom stereocenters. The fraction of sp³-hybridized carbons (Fsp3) is 0.538. The number of nitrogens with one attached hydrogen (secondary N) is 1. The lowest BCUT2D eigenvalue weighted by Gasteiger charge is -2.21. The van der Waals surface area contributed by atoms with Crippen LogP contribution >= 0.6 is 0 Å². The fourth-order valence-corrected chi connectivity index (χ4v) is 1.73. The molecule has 0 amide bonds. The van der Waals surface area contributed by atoms with E-state index in [2.05, 4.69) is 10.3 Å². The van der Waals surface area contributed by atoms with E-state index in [-0.39, 0.29) is 24.1 Å². The Balaban J connectivity index is 3.11. The summed E-state index contributed by atoms with van der Waals surface area (Å²) in [4.78, 5) is 15.5. The van der Waals surface area contributed by atoms with Crippen molar-refractivity contribution in [2.24, 2.45) is 5.92 Å². The van der Waals surface area contributed by atoms with Gasteiger partial charge in [-0.1, -0.05) is 6.92 Å². The van der Waals surface area contributed by atoms with Crippen molar-refractivity contribution in [3.8, 4) is 0 Å². The normalized spacial score (nSPS) is 14.1. The molecule has 0 aliphatic rings. The zero-order chi connectivity index (χ0) is 13.9. The maximum absolute atomic E-state index is 11.2. The topological polar surface area (TPSA) is 82.5 Å². The number of aliphatic hydroxyl groups is 1. The minimum absolute atomic E-state index is 0.0225. The molecule has 5 heteroatoms. The zero-order valence-corrected chi connectivity index (χ0v) is 11.2. The Bertz CT molecular complexity index is 446. The van der Waals surface area contributed by atoms with Gasteiger partial charge in [-0.25, -0.2) is 9.78 Å². The first-order valence-electron chi connectivity index (χ1n) is 5.95. The molecule has 1 aromatic rings. The van der Waals surface area contributed by atoms with Crippen LogP contribution in [0.2, 0.25) is 0 Å². The summed E-state index contributed by atoms with van der Waals surface area (Å²) in [6, 6.07) is 1.69. The lowest BCUT2D eigenvalue weighted by Crippen LogP contribution is -2.28. The summed E-state index contributed by atoms with van der Waals surface area (Å²) in [5.41, 5.74) is 1.64. The lowest BCUT2D eigenvalue weighted by atomic mass is 10.0. The SMILES string of the molecule is Cc1cc(C)c(C(=O)O)c(NC(C)C(C)CO)n1. The van der Waals surface area contributed by atoms with Crippen LogP contribution in [0.15, 0.2) is 6.07 Å². The second kappa shape index (κ2) is 5.82. The summed E-state index contributed by atoms with van der Waals surface area (Å²) in [6.07, 6.45) is 0. The molecule has 0 radical (unpaired) electrons. The Kier molecular flexibility index (Phi) is 4.67. The summed E-state index contributed by atoms with van der Waals surface area (Å²) in [7, 11) is 0. The summed E-state index contributed by atoms with van der Waals surface area (Å²) in [6.45, 7) is 7.40. The van der Waals surface area contributed by atoms with E-state index in [0.29, 0.717) is 11.4 Å². The molecule has 18 heavy (non-hydrogen) atoms. The molecule has 0 saturated carbocycles. The number of hydrogen-bond acceptors (Lipinski definition) is 4. The number of hydrogen-bond donors (Lipinski definition) is 3. The molecule has 0 saturated heterocycles. The predicted molar refractivity (Wildman–Crippen MR) is 70.0 cm³/mol. The first-order valence-corrected chi connectivity index (χ1v) is 5.95. The van der Waals surface area contributed by atoms with Crippen LogP contribution in [0, 0.1) is 19.8 Å². The number of aromatic carboxylic acids is 1. The van der Waals surface area contributed by atoms with Gasteiger partial charge in [-0.2, -0.15) is 0 Å². The van der Waals surface area contributed by atoms with Crippen LogP contribution in [-0.2, 0) is 0 Å². The van der Waals surface area contributed by atoms with Crippen LogP contribution in [0.25, 0.3) is 0 Å². The van der Waals surface area contributed by atoms with Crippen LogP contribution < -0.4 is 5.32 Å². The van der Waals surface area contributed by atoms with Crippen molar-refractivity contribution in [2.75, 3.05) is 11.9 Å². The molecule has 1 heterocycles. The average molecular weight is 252 g/mol. The van der Waals surface area contributed by atoms with E-state index in [1.165, 1.54) is 0 Å². The van der Waals surface area contributed by atoms with Crippen LogP contribution in [0.4, 0.5) is 5.82 Å². The molecule has 0 spiro atoms. The van der Waals surface area contributed by atoms with Gasteiger partial charge in [0.2, 0.25) is 0 Å². The smallest absolute Gasteiger partial charge is 0.339 e. The number of anilines is 1. The molecular weight excluding hydrogens is 232 g/mol. The van der Waals surface area contributed by atoms with Crippen molar-refractivity contribution in [3.05, 3.63) is 22.9 Å². The maximum Gasteiger partial charge on any atom is 0.339 e. The quantitative estimate of drug-likeness (QED) is 0.744.